The van der Waals surface area contributed by atoms with Gasteiger partial charge in [0.15, 0.2) is 5.96 Å². The number of rotatable bonds is 8. The van der Waals surface area contributed by atoms with E-state index in [1.54, 1.807) is 14.2 Å². The number of hydrogen-bond donors (Lipinski definition) is 2. The molecular formula is C17H27F3N4O. The first-order valence-electron chi connectivity index (χ1n) is 8.08. The summed E-state index contributed by atoms with van der Waals surface area (Å²) in [6.45, 7) is 2.53. The van der Waals surface area contributed by atoms with E-state index in [9.17, 15) is 13.2 Å². The van der Waals surface area contributed by atoms with E-state index in [1.165, 1.54) is 11.9 Å². The van der Waals surface area contributed by atoms with E-state index < -0.39 is 12.7 Å². The molecule has 0 aliphatic carbocycles. The van der Waals surface area contributed by atoms with E-state index in [2.05, 4.69) is 15.6 Å². The van der Waals surface area contributed by atoms with Gasteiger partial charge in [-0.1, -0.05) is 12.1 Å². The van der Waals surface area contributed by atoms with Gasteiger partial charge in [0.1, 0.15) is 5.75 Å². The van der Waals surface area contributed by atoms with Crippen LogP contribution in [0.2, 0.25) is 0 Å². The minimum absolute atomic E-state index is 0.356. The van der Waals surface area contributed by atoms with Crippen LogP contribution in [0.15, 0.2) is 23.2 Å². The van der Waals surface area contributed by atoms with Crippen LogP contribution >= 0.6 is 0 Å². The van der Waals surface area contributed by atoms with Crippen molar-refractivity contribution in [3.63, 3.8) is 0 Å². The number of methoxy groups -OCH3 is 1. The van der Waals surface area contributed by atoms with Crippen LogP contribution < -0.4 is 15.4 Å². The third kappa shape index (κ3) is 8.62. The molecule has 0 atom stereocenters. The van der Waals surface area contributed by atoms with Gasteiger partial charge in [0.05, 0.1) is 13.7 Å². The Morgan fingerprint density at radius 1 is 1.28 bits per heavy atom. The van der Waals surface area contributed by atoms with Gasteiger partial charge in [-0.25, -0.2) is 0 Å². The van der Waals surface area contributed by atoms with E-state index in [0.29, 0.717) is 32.0 Å². The first-order valence-corrected chi connectivity index (χ1v) is 8.08. The SMILES string of the molecule is CN=C(NCCCN(C)CC(F)(F)F)NCc1ccc(C)cc1OC. The molecule has 5 nitrogen and oxygen atoms in total. The number of benzene rings is 1. The van der Waals surface area contributed by atoms with Gasteiger partial charge in [-0.15, -0.1) is 0 Å². The summed E-state index contributed by atoms with van der Waals surface area (Å²) in [6, 6.07) is 5.95. The van der Waals surface area contributed by atoms with Crippen molar-refractivity contribution in [3.05, 3.63) is 29.3 Å². The number of aliphatic imine (C=N–C) groups is 1. The van der Waals surface area contributed by atoms with Crippen LogP contribution in [0.3, 0.4) is 0 Å². The molecule has 0 heterocycles. The number of halogens is 3. The van der Waals surface area contributed by atoms with Crippen molar-refractivity contribution in [1.82, 2.24) is 15.5 Å². The molecule has 0 amide bonds. The molecule has 1 rings (SSSR count). The molecule has 2 N–H and O–H groups in total. The Balaban J connectivity index is 2.36. The summed E-state index contributed by atoms with van der Waals surface area (Å²) in [6.07, 6.45) is -3.58. The van der Waals surface area contributed by atoms with Crippen molar-refractivity contribution in [2.45, 2.75) is 26.1 Å². The maximum absolute atomic E-state index is 12.2. The zero-order valence-electron chi connectivity index (χ0n) is 15.2. The molecule has 142 valence electrons. The van der Waals surface area contributed by atoms with E-state index in [-0.39, 0.29) is 0 Å². The number of ether oxygens (including phenoxy) is 1. The van der Waals surface area contributed by atoms with Crippen molar-refractivity contribution in [2.75, 3.05) is 40.8 Å². The molecule has 0 saturated heterocycles. The minimum atomic E-state index is -4.16. The van der Waals surface area contributed by atoms with E-state index in [4.69, 9.17) is 4.74 Å². The van der Waals surface area contributed by atoms with E-state index in [1.807, 2.05) is 25.1 Å². The first kappa shape index (κ1) is 21.1. The quantitative estimate of drug-likeness (QED) is 0.425. The van der Waals surface area contributed by atoms with Gasteiger partial charge in [-0.3, -0.25) is 9.89 Å². The lowest BCUT2D eigenvalue weighted by molar-refractivity contribution is -0.143. The molecule has 0 aromatic heterocycles. The summed E-state index contributed by atoms with van der Waals surface area (Å²) in [7, 11) is 4.74. The average Bonchev–Trinajstić information content (AvgIpc) is 2.53. The fourth-order valence-corrected chi connectivity index (χ4v) is 2.34. The maximum atomic E-state index is 12.2. The Bertz CT molecular complexity index is 561. The van der Waals surface area contributed by atoms with E-state index >= 15 is 0 Å². The maximum Gasteiger partial charge on any atom is 0.401 e. The van der Waals surface area contributed by atoms with Gasteiger partial charge >= 0.3 is 6.18 Å². The first-order chi connectivity index (χ1) is 11.7. The standard InChI is InChI=1S/C17H27F3N4O/c1-13-6-7-14(15(10-13)25-4)11-23-16(21-2)22-8-5-9-24(3)12-17(18,19)20/h6-7,10H,5,8-9,11-12H2,1-4H3,(H2,21,22,23). The van der Waals surface area contributed by atoms with E-state index in [0.717, 1.165) is 16.9 Å². The van der Waals surface area contributed by atoms with Gasteiger partial charge in [0.25, 0.3) is 0 Å². The molecule has 8 heteroatoms. The van der Waals surface area contributed by atoms with Crippen LogP contribution in [0.1, 0.15) is 17.5 Å². The Labute approximate surface area is 147 Å². The largest absolute Gasteiger partial charge is 0.496 e. The predicted octanol–water partition coefficient (Wildman–Crippen LogP) is 2.55. The smallest absolute Gasteiger partial charge is 0.401 e. The molecule has 1 aromatic carbocycles. The van der Waals surface area contributed by atoms with Gasteiger partial charge in [-0.2, -0.15) is 13.2 Å². The summed E-state index contributed by atoms with van der Waals surface area (Å²) in [5, 5.41) is 6.27. The van der Waals surface area contributed by atoms with Gasteiger partial charge in [0.2, 0.25) is 0 Å². The zero-order chi connectivity index (χ0) is 18.9. The molecule has 0 saturated carbocycles. The van der Waals surface area contributed by atoms with Gasteiger partial charge < -0.3 is 15.4 Å². The van der Waals surface area contributed by atoms with Crippen LogP contribution in [0.5, 0.6) is 5.75 Å². The summed E-state index contributed by atoms with van der Waals surface area (Å²) >= 11 is 0. The van der Waals surface area contributed by atoms with Crippen molar-refractivity contribution < 1.29 is 17.9 Å². The number of aryl methyl sites for hydroxylation is 1. The number of hydrogen-bond acceptors (Lipinski definition) is 3. The zero-order valence-corrected chi connectivity index (χ0v) is 15.2. The molecule has 0 radical (unpaired) electrons. The molecule has 0 aliphatic heterocycles. The molecule has 0 fully saturated rings. The van der Waals surface area contributed by atoms with Crippen molar-refractivity contribution in [2.24, 2.45) is 4.99 Å². The van der Waals surface area contributed by atoms with Crippen LogP contribution in [-0.2, 0) is 6.54 Å². The van der Waals surface area contributed by atoms with Crippen LogP contribution in [0.25, 0.3) is 0 Å². The number of nitrogens with zero attached hydrogens (tertiary/aromatic N) is 2. The topological polar surface area (TPSA) is 48.9 Å². The predicted molar refractivity (Wildman–Crippen MR) is 94.1 cm³/mol. The molecular weight excluding hydrogens is 333 g/mol. The molecule has 0 unspecified atom stereocenters. The second-order valence-electron chi connectivity index (χ2n) is 5.87. The highest BCUT2D eigenvalue weighted by molar-refractivity contribution is 5.79. The molecule has 25 heavy (non-hydrogen) atoms. The van der Waals surface area contributed by atoms with Crippen molar-refractivity contribution in [3.8, 4) is 5.75 Å². The Hall–Kier alpha value is -1.96. The summed E-state index contributed by atoms with van der Waals surface area (Å²) < 4.78 is 42.1. The lowest BCUT2D eigenvalue weighted by Gasteiger charge is -2.19. The second-order valence-corrected chi connectivity index (χ2v) is 5.87. The Kier molecular flexibility index (Phi) is 8.54. The Morgan fingerprint density at radius 2 is 2.00 bits per heavy atom. The fraction of sp³-hybridized carbons (Fsp3) is 0.588. The summed E-state index contributed by atoms with van der Waals surface area (Å²) in [4.78, 5) is 5.37. The summed E-state index contributed by atoms with van der Waals surface area (Å²) in [5.74, 6) is 1.40. The second kappa shape index (κ2) is 10.1. The highest BCUT2D eigenvalue weighted by Gasteiger charge is 2.28. The lowest BCUT2D eigenvalue weighted by atomic mass is 10.1. The molecule has 0 aliphatic rings. The van der Waals surface area contributed by atoms with Crippen molar-refractivity contribution >= 4 is 5.96 Å². The van der Waals surface area contributed by atoms with Crippen LogP contribution in [-0.4, -0.2) is 57.9 Å². The molecule has 1 aromatic rings. The molecule has 0 spiro atoms. The monoisotopic (exact) mass is 360 g/mol. The minimum Gasteiger partial charge on any atom is -0.496 e. The fourth-order valence-electron chi connectivity index (χ4n) is 2.34. The summed E-state index contributed by atoms with van der Waals surface area (Å²) in [5.41, 5.74) is 2.12. The highest BCUT2D eigenvalue weighted by Crippen LogP contribution is 2.19. The lowest BCUT2D eigenvalue weighted by Crippen LogP contribution is -2.39. The van der Waals surface area contributed by atoms with Crippen LogP contribution in [0, 0.1) is 6.92 Å². The highest BCUT2D eigenvalue weighted by atomic mass is 19.4. The third-order valence-corrected chi connectivity index (χ3v) is 3.57. The van der Waals surface area contributed by atoms with Gasteiger partial charge in [0, 0.05) is 25.7 Å². The van der Waals surface area contributed by atoms with Gasteiger partial charge in [-0.05, 0) is 38.6 Å². The normalized spacial score (nSPS) is 12.4. The number of guanidine groups is 1. The van der Waals surface area contributed by atoms with Crippen molar-refractivity contribution in [1.29, 1.82) is 0 Å². The number of alkyl halides is 3. The molecule has 0 bridgehead atoms. The number of nitrogens with one attached hydrogen (secondary N) is 2. The average molecular weight is 360 g/mol. The van der Waals surface area contributed by atoms with Crippen LogP contribution in [0.4, 0.5) is 13.2 Å². The Morgan fingerprint density at radius 3 is 2.60 bits per heavy atom. The third-order valence-electron chi connectivity index (χ3n) is 3.57.